The van der Waals surface area contributed by atoms with Crippen molar-refractivity contribution in [2.45, 2.75) is 6.18 Å². The molecule has 50 valence electrons. The molecule has 1 N–H and O–H groups in total. The topological polar surface area (TPSA) is 12.0 Å². The number of nitrogens with one attached hydrogen (secondary N) is 1. The van der Waals surface area contributed by atoms with Crippen LogP contribution in [0.25, 0.3) is 0 Å². The Hall–Kier alpha value is 0.100. The van der Waals surface area contributed by atoms with Crippen LogP contribution in [0.5, 0.6) is 0 Å². The normalized spacial score (nSPS) is 12.0. The second kappa shape index (κ2) is 3.19. The van der Waals surface area contributed by atoms with E-state index in [1.165, 1.54) is 0 Å². The Morgan fingerprint density at radius 3 is 2.00 bits per heavy atom. The molecule has 0 fully saturated rings. The van der Waals surface area contributed by atoms with Crippen molar-refractivity contribution in [3.63, 3.8) is 0 Å². The largest absolute Gasteiger partial charge is 0.401 e. The van der Waals surface area contributed by atoms with Crippen LogP contribution in [0.15, 0.2) is 0 Å². The summed E-state index contributed by atoms with van der Waals surface area (Å²) in [5.41, 5.74) is 0. The zero-order valence-corrected chi connectivity index (χ0v) is 4.89. The first kappa shape index (κ1) is 8.10. The maximum absolute atomic E-state index is 11.1. The van der Waals surface area contributed by atoms with Crippen LogP contribution in [0.4, 0.5) is 13.2 Å². The molecule has 0 aliphatic rings. The lowest BCUT2D eigenvalue weighted by atomic mass is 10.6. The van der Waals surface area contributed by atoms with Crippen molar-refractivity contribution in [1.29, 1.82) is 0 Å². The summed E-state index contributed by atoms with van der Waals surface area (Å²) < 4.78 is 33.4. The summed E-state index contributed by atoms with van der Waals surface area (Å²) in [6.07, 6.45) is -4.11. The highest BCUT2D eigenvalue weighted by Gasteiger charge is 2.25. The van der Waals surface area contributed by atoms with E-state index in [9.17, 15) is 13.2 Å². The maximum Gasteiger partial charge on any atom is 0.401 e. The highest BCUT2D eigenvalue weighted by Crippen LogP contribution is 2.11. The van der Waals surface area contributed by atoms with Crippen molar-refractivity contribution in [3.8, 4) is 0 Å². The first-order chi connectivity index (χ1) is 3.56. The third-order valence-electron chi connectivity index (χ3n) is 0.437. The van der Waals surface area contributed by atoms with Gasteiger partial charge in [-0.15, -0.1) is 0 Å². The summed E-state index contributed by atoms with van der Waals surface area (Å²) in [7, 11) is 0. The number of thiol groups is 1. The van der Waals surface area contributed by atoms with Gasteiger partial charge in [-0.1, -0.05) is 0 Å². The van der Waals surface area contributed by atoms with Crippen LogP contribution >= 0.6 is 12.6 Å². The fourth-order valence-corrected chi connectivity index (χ4v) is 0.309. The average molecular weight is 145 g/mol. The molecule has 5 heteroatoms. The minimum absolute atomic E-state index is 0.0551. The Morgan fingerprint density at radius 1 is 1.38 bits per heavy atom. The van der Waals surface area contributed by atoms with Gasteiger partial charge in [0.1, 0.15) is 0 Å². The predicted molar refractivity (Wildman–Crippen MR) is 27.9 cm³/mol. The third kappa shape index (κ3) is 6.10. The number of halogens is 3. The fourth-order valence-electron chi connectivity index (χ4n) is 0.198. The molecule has 0 aliphatic heterocycles. The Labute approximate surface area is 50.7 Å². The third-order valence-corrected chi connectivity index (χ3v) is 0.661. The molecular formula is C3H6F3NS. The second-order valence-corrected chi connectivity index (χ2v) is 1.52. The van der Waals surface area contributed by atoms with Crippen LogP contribution in [0.1, 0.15) is 0 Å². The zero-order valence-electron chi connectivity index (χ0n) is 4.00. The fraction of sp³-hybridized carbons (Fsp3) is 1.00. The monoisotopic (exact) mass is 145 g/mol. The van der Waals surface area contributed by atoms with Crippen molar-refractivity contribution >= 4 is 12.6 Å². The van der Waals surface area contributed by atoms with Crippen molar-refractivity contribution in [1.82, 2.24) is 5.32 Å². The van der Waals surface area contributed by atoms with Gasteiger partial charge in [0.15, 0.2) is 0 Å². The van der Waals surface area contributed by atoms with E-state index in [1.807, 2.05) is 5.32 Å². The molecule has 0 saturated heterocycles. The van der Waals surface area contributed by atoms with Gasteiger partial charge in [0.05, 0.1) is 6.54 Å². The molecule has 0 bridgehead atoms. The molecule has 0 saturated carbocycles. The predicted octanol–water partition coefficient (Wildman–Crippen LogP) is 1.03. The maximum atomic E-state index is 11.1. The first-order valence-corrected chi connectivity index (χ1v) is 2.58. The number of rotatable bonds is 2. The standard InChI is InChI=1S/C3H6F3NS/c4-3(5,6)1-7-2-8/h7-8H,1-2H2. The van der Waals surface area contributed by atoms with Crippen LogP contribution in [0.3, 0.4) is 0 Å². The minimum Gasteiger partial charge on any atom is -0.300 e. The van der Waals surface area contributed by atoms with Gasteiger partial charge in [0.25, 0.3) is 0 Å². The van der Waals surface area contributed by atoms with E-state index in [4.69, 9.17) is 0 Å². The summed E-state index contributed by atoms with van der Waals surface area (Å²) in [4.78, 5) is 0. The highest BCUT2D eigenvalue weighted by molar-refractivity contribution is 7.80. The van der Waals surface area contributed by atoms with Crippen molar-refractivity contribution in [2.75, 3.05) is 12.4 Å². The Bertz CT molecular complexity index is 62.0. The molecular weight excluding hydrogens is 139 g/mol. The van der Waals surface area contributed by atoms with Crippen molar-refractivity contribution < 1.29 is 13.2 Å². The van der Waals surface area contributed by atoms with Crippen LogP contribution in [0, 0.1) is 0 Å². The summed E-state index contributed by atoms with van der Waals surface area (Å²) in [5.74, 6) is 0.0551. The molecule has 8 heavy (non-hydrogen) atoms. The Kier molecular flexibility index (Phi) is 3.23. The Balaban J connectivity index is 3.11. The summed E-state index contributed by atoms with van der Waals surface area (Å²) in [6, 6.07) is 0. The number of alkyl halides is 3. The molecule has 0 aromatic carbocycles. The summed E-state index contributed by atoms with van der Waals surface area (Å²) in [6.45, 7) is -0.962. The number of hydrogen-bond acceptors (Lipinski definition) is 2. The Morgan fingerprint density at radius 2 is 1.88 bits per heavy atom. The molecule has 0 unspecified atom stereocenters. The van der Waals surface area contributed by atoms with Gasteiger partial charge in [-0.2, -0.15) is 25.8 Å². The molecule has 0 aromatic heterocycles. The van der Waals surface area contributed by atoms with Crippen LogP contribution in [0.2, 0.25) is 0 Å². The molecule has 1 nitrogen and oxygen atoms in total. The SMILES string of the molecule is FC(F)(F)CNCS. The molecule has 0 radical (unpaired) electrons. The molecule has 0 atom stereocenters. The van der Waals surface area contributed by atoms with Crippen molar-refractivity contribution in [3.05, 3.63) is 0 Å². The quantitative estimate of drug-likeness (QED) is 0.437. The summed E-state index contributed by atoms with van der Waals surface area (Å²) in [5, 5.41) is 2.03. The van der Waals surface area contributed by atoms with Gasteiger partial charge in [0.2, 0.25) is 0 Å². The molecule has 0 aromatic rings. The van der Waals surface area contributed by atoms with E-state index >= 15 is 0 Å². The van der Waals surface area contributed by atoms with E-state index in [1.54, 1.807) is 0 Å². The number of hydrogen-bond donors (Lipinski definition) is 2. The van der Waals surface area contributed by atoms with Gasteiger partial charge in [0, 0.05) is 5.88 Å². The lowest BCUT2D eigenvalue weighted by Gasteiger charge is -2.03. The first-order valence-electron chi connectivity index (χ1n) is 1.94. The van der Waals surface area contributed by atoms with Gasteiger partial charge < -0.3 is 0 Å². The van der Waals surface area contributed by atoms with E-state index in [2.05, 4.69) is 12.6 Å². The summed E-state index contributed by atoms with van der Waals surface area (Å²) >= 11 is 3.52. The average Bonchev–Trinajstić information content (AvgIpc) is 1.59. The van der Waals surface area contributed by atoms with Crippen LogP contribution < -0.4 is 5.32 Å². The molecule has 0 rings (SSSR count). The lowest BCUT2D eigenvalue weighted by molar-refractivity contribution is -0.123. The van der Waals surface area contributed by atoms with Gasteiger partial charge in [-0.25, -0.2) is 0 Å². The van der Waals surface area contributed by atoms with E-state index < -0.39 is 12.7 Å². The molecule has 0 spiro atoms. The van der Waals surface area contributed by atoms with E-state index in [-0.39, 0.29) is 5.88 Å². The lowest BCUT2D eigenvalue weighted by Crippen LogP contribution is -2.27. The minimum atomic E-state index is -4.11. The highest BCUT2D eigenvalue weighted by atomic mass is 32.1. The molecule has 0 amide bonds. The smallest absolute Gasteiger partial charge is 0.300 e. The van der Waals surface area contributed by atoms with Gasteiger partial charge in [-0.05, 0) is 0 Å². The van der Waals surface area contributed by atoms with Gasteiger partial charge in [-0.3, -0.25) is 5.32 Å². The van der Waals surface area contributed by atoms with Crippen LogP contribution in [-0.4, -0.2) is 18.6 Å². The van der Waals surface area contributed by atoms with Crippen molar-refractivity contribution in [2.24, 2.45) is 0 Å². The van der Waals surface area contributed by atoms with E-state index in [0.717, 1.165) is 0 Å². The second-order valence-electron chi connectivity index (χ2n) is 1.20. The zero-order chi connectivity index (χ0) is 6.62. The van der Waals surface area contributed by atoms with E-state index in [0.29, 0.717) is 0 Å². The molecule has 0 heterocycles. The molecule has 0 aliphatic carbocycles. The van der Waals surface area contributed by atoms with Crippen LogP contribution in [-0.2, 0) is 0 Å². The van der Waals surface area contributed by atoms with Gasteiger partial charge >= 0.3 is 6.18 Å².